The van der Waals surface area contributed by atoms with E-state index < -0.39 is 0 Å². The molecule has 4 heteroatoms. The van der Waals surface area contributed by atoms with Crippen LogP contribution in [-0.4, -0.2) is 42.4 Å². The van der Waals surface area contributed by atoms with Crippen molar-refractivity contribution in [2.24, 2.45) is 0 Å². The Balaban J connectivity index is 2.55. The molecule has 0 heterocycles. The number of hydrogen-bond acceptors (Lipinski definition) is 3. The molecule has 3 nitrogen and oxygen atoms in total. The lowest BCUT2D eigenvalue weighted by atomic mass is 10.1. The normalized spacial score (nSPS) is 10.3. The van der Waals surface area contributed by atoms with Crippen LogP contribution in [0.25, 0.3) is 0 Å². The average Bonchev–Trinajstić information content (AvgIpc) is 2.48. The number of anilines is 1. The summed E-state index contributed by atoms with van der Waals surface area (Å²) in [6.07, 6.45) is 4.52. The topological polar surface area (TPSA) is 32.3 Å². The molecule has 0 aliphatic rings. The summed E-state index contributed by atoms with van der Waals surface area (Å²) in [6.45, 7) is 6.48. The smallest absolute Gasteiger partial charge is 0.253 e. The van der Waals surface area contributed by atoms with Crippen molar-refractivity contribution in [3.05, 3.63) is 29.8 Å². The molecule has 112 valence electrons. The minimum atomic E-state index is 0.112. The number of carbonyl (C=O) groups excluding carboxylic acids is 1. The van der Waals surface area contributed by atoms with Crippen molar-refractivity contribution in [3.63, 3.8) is 0 Å². The molecule has 0 unspecified atom stereocenters. The van der Waals surface area contributed by atoms with Gasteiger partial charge in [0.05, 0.1) is 0 Å². The summed E-state index contributed by atoms with van der Waals surface area (Å²) in [6, 6.07) is 7.81. The molecule has 0 atom stereocenters. The fraction of sp³-hybridized carbons (Fsp3) is 0.562. The van der Waals surface area contributed by atoms with E-state index in [1.54, 1.807) is 0 Å². The van der Waals surface area contributed by atoms with Gasteiger partial charge < -0.3 is 10.2 Å². The maximum absolute atomic E-state index is 12.3. The van der Waals surface area contributed by atoms with Gasteiger partial charge in [0, 0.05) is 30.9 Å². The van der Waals surface area contributed by atoms with E-state index >= 15 is 0 Å². The second-order valence-electron chi connectivity index (χ2n) is 4.68. The van der Waals surface area contributed by atoms with Crippen molar-refractivity contribution in [1.29, 1.82) is 0 Å². The van der Waals surface area contributed by atoms with Crippen LogP contribution in [0, 0.1) is 0 Å². The Morgan fingerprint density at radius 3 is 2.65 bits per heavy atom. The highest BCUT2D eigenvalue weighted by Gasteiger charge is 2.12. The van der Waals surface area contributed by atoms with Crippen molar-refractivity contribution in [1.82, 2.24) is 4.90 Å². The molecule has 1 N–H and O–H groups in total. The van der Waals surface area contributed by atoms with Crippen LogP contribution in [0.4, 0.5) is 5.69 Å². The quantitative estimate of drug-likeness (QED) is 0.704. The van der Waals surface area contributed by atoms with E-state index in [-0.39, 0.29) is 5.91 Å². The van der Waals surface area contributed by atoms with Gasteiger partial charge in [-0.3, -0.25) is 4.79 Å². The number of amides is 1. The van der Waals surface area contributed by atoms with Gasteiger partial charge in [0.2, 0.25) is 0 Å². The molecule has 0 aliphatic heterocycles. The highest BCUT2D eigenvalue weighted by Crippen LogP contribution is 2.13. The number of hydrogen-bond donors (Lipinski definition) is 1. The molecule has 0 bridgehead atoms. The second kappa shape index (κ2) is 9.70. The monoisotopic (exact) mass is 294 g/mol. The number of nitrogens with zero attached hydrogens (tertiary/aromatic N) is 1. The van der Waals surface area contributed by atoms with Gasteiger partial charge in [-0.25, -0.2) is 0 Å². The third kappa shape index (κ3) is 5.45. The lowest BCUT2D eigenvalue weighted by Gasteiger charge is -2.19. The molecule has 0 saturated carbocycles. The molecule has 20 heavy (non-hydrogen) atoms. The molecule has 0 aliphatic carbocycles. The molecule has 1 aromatic rings. The van der Waals surface area contributed by atoms with Crippen molar-refractivity contribution in [2.45, 2.75) is 26.7 Å². The van der Waals surface area contributed by atoms with Crippen molar-refractivity contribution in [2.75, 3.05) is 37.0 Å². The standard InChI is InChI=1S/C16H26N2OS/c1-4-18(5-2)16(19)14-9-8-10-15(13-14)17-11-6-7-12-20-3/h8-10,13,17H,4-7,11-12H2,1-3H3. The number of rotatable bonds is 9. The van der Waals surface area contributed by atoms with Gasteiger partial charge in [-0.15, -0.1) is 0 Å². The molecule has 0 saturated heterocycles. The van der Waals surface area contributed by atoms with Gasteiger partial charge >= 0.3 is 0 Å². The molecular formula is C16H26N2OS. The molecule has 1 amide bonds. The van der Waals surface area contributed by atoms with E-state index in [0.717, 1.165) is 37.3 Å². The Morgan fingerprint density at radius 2 is 2.00 bits per heavy atom. The van der Waals surface area contributed by atoms with E-state index in [2.05, 4.69) is 11.6 Å². The molecule has 0 spiro atoms. The van der Waals surface area contributed by atoms with Crippen LogP contribution < -0.4 is 5.32 Å². The van der Waals surface area contributed by atoms with Gasteiger partial charge in [0.1, 0.15) is 0 Å². The first-order chi connectivity index (χ1) is 9.72. The lowest BCUT2D eigenvalue weighted by molar-refractivity contribution is 0.0773. The van der Waals surface area contributed by atoms with Crippen LogP contribution in [0.5, 0.6) is 0 Å². The van der Waals surface area contributed by atoms with E-state index in [9.17, 15) is 4.79 Å². The predicted octanol–water partition coefficient (Wildman–Crippen LogP) is 3.72. The number of benzene rings is 1. The SMILES string of the molecule is CCN(CC)C(=O)c1cccc(NCCCCSC)c1. The molecular weight excluding hydrogens is 268 g/mol. The van der Waals surface area contributed by atoms with Crippen LogP contribution in [0.2, 0.25) is 0 Å². The molecule has 1 rings (SSSR count). The summed E-state index contributed by atoms with van der Waals surface area (Å²) < 4.78 is 0. The Morgan fingerprint density at radius 1 is 1.25 bits per heavy atom. The zero-order valence-electron chi connectivity index (χ0n) is 12.8. The van der Waals surface area contributed by atoms with Crippen molar-refractivity contribution >= 4 is 23.4 Å². The molecule has 0 radical (unpaired) electrons. The van der Waals surface area contributed by atoms with Gasteiger partial charge in [0.15, 0.2) is 0 Å². The molecule has 1 aromatic carbocycles. The van der Waals surface area contributed by atoms with E-state index in [4.69, 9.17) is 0 Å². The minimum absolute atomic E-state index is 0.112. The summed E-state index contributed by atoms with van der Waals surface area (Å²) >= 11 is 1.88. The number of thioether (sulfide) groups is 1. The third-order valence-corrected chi connectivity index (χ3v) is 3.96. The van der Waals surface area contributed by atoms with Crippen molar-refractivity contribution < 1.29 is 4.79 Å². The fourth-order valence-corrected chi connectivity index (χ4v) is 2.55. The number of nitrogens with one attached hydrogen (secondary N) is 1. The highest BCUT2D eigenvalue weighted by molar-refractivity contribution is 7.98. The lowest BCUT2D eigenvalue weighted by Crippen LogP contribution is -2.30. The van der Waals surface area contributed by atoms with Crippen molar-refractivity contribution in [3.8, 4) is 0 Å². The first-order valence-electron chi connectivity index (χ1n) is 7.35. The summed E-state index contributed by atoms with van der Waals surface area (Å²) in [5.41, 5.74) is 1.80. The second-order valence-corrected chi connectivity index (χ2v) is 5.67. The van der Waals surface area contributed by atoms with Crippen LogP contribution in [0.1, 0.15) is 37.0 Å². The first kappa shape index (κ1) is 16.9. The van der Waals surface area contributed by atoms with Crippen LogP contribution in [0.15, 0.2) is 24.3 Å². The van der Waals surface area contributed by atoms with Crippen LogP contribution >= 0.6 is 11.8 Å². The highest BCUT2D eigenvalue weighted by atomic mass is 32.2. The first-order valence-corrected chi connectivity index (χ1v) is 8.74. The van der Waals surface area contributed by atoms with E-state index in [1.807, 2.05) is 54.8 Å². The summed E-state index contributed by atoms with van der Waals surface area (Å²) in [5.74, 6) is 1.32. The Kier molecular flexibility index (Phi) is 8.19. The third-order valence-electron chi connectivity index (χ3n) is 3.26. The van der Waals surface area contributed by atoms with Crippen LogP contribution in [-0.2, 0) is 0 Å². The van der Waals surface area contributed by atoms with E-state index in [1.165, 1.54) is 12.2 Å². The zero-order valence-corrected chi connectivity index (χ0v) is 13.6. The fourth-order valence-electron chi connectivity index (χ4n) is 2.06. The Hall–Kier alpha value is -1.16. The molecule has 0 aromatic heterocycles. The summed E-state index contributed by atoms with van der Waals surface area (Å²) in [4.78, 5) is 14.1. The Bertz CT molecular complexity index is 405. The zero-order chi connectivity index (χ0) is 14.8. The summed E-state index contributed by atoms with van der Waals surface area (Å²) in [5, 5.41) is 3.39. The van der Waals surface area contributed by atoms with Crippen LogP contribution in [0.3, 0.4) is 0 Å². The largest absolute Gasteiger partial charge is 0.385 e. The van der Waals surface area contributed by atoms with Gasteiger partial charge in [-0.2, -0.15) is 11.8 Å². The average molecular weight is 294 g/mol. The number of unbranched alkanes of at least 4 members (excludes halogenated alkanes) is 1. The Labute approximate surface area is 127 Å². The maximum Gasteiger partial charge on any atom is 0.253 e. The number of carbonyl (C=O) groups is 1. The predicted molar refractivity (Wildman–Crippen MR) is 89.8 cm³/mol. The van der Waals surface area contributed by atoms with Gasteiger partial charge in [-0.05, 0) is 56.9 Å². The maximum atomic E-state index is 12.3. The summed E-state index contributed by atoms with van der Waals surface area (Å²) in [7, 11) is 0. The molecule has 0 fully saturated rings. The van der Waals surface area contributed by atoms with E-state index in [0.29, 0.717) is 0 Å². The van der Waals surface area contributed by atoms with Gasteiger partial charge in [-0.1, -0.05) is 6.07 Å². The van der Waals surface area contributed by atoms with Gasteiger partial charge in [0.25, 0.3) is 5.91 Å². The minimum Gasteiger partial charge on any atom is -0.385 e.